The molecule has 5 N–H and O–H groups in total. The van der Waals surface area contributed by atoms with Crippen molar-refractivity contribution in [2.45, 2.75) is 81.8 Å². The Morgan fingerprint density at radius 1 is 1.08 bits per heavy atom. The molecule has 10 heteroatoms. The van der Waals surface area contributed by atoms with E-state index in [1.807, 2.05) is 30.3 Å². The number of carbonyl (C=O) groups is 1. The number of imidazole rings is 1. The number of aromatic amines is 1. The molecule has 1 aromatic carbocycles. The van der Waals surface area contributed by atoms with E-state index in [2.05, 4.69) is 51.0 Å². The predicted octanol–water partition coefficient (Wildman–Crippen LogP) is 6.32. The lowest BCUT2D eigenvalue weighted by Crippen LogP contribution is -2.31. The maximum Gasteiger partial charge on any atom is 0.433 e. The number of nitrogens with zero attached hydrogens (tertiary/aromatic N) is 4. The average Bonchev–Trinajstić information content (AvgIpc) is 3.23. The number of nitrogens with two attached hydrogens (primary N) is 1. The Hall–Kier alpha value is -3.14. The molecule has 9 nitrogen and oxygen atoms in total. The maximum atomic E-state index is 10.9. The Balaban J connectivity index is 0.000000342. The molecule has 2 heterocycles. The molecule has 0 bridgehead atoms. The topological polar surface area (TPSA) is 142 Å². The summed E-state index contributed by atoms with van der Waals surface area (Å²) in [5.41, 5.74) is 6.84. The second-order valence-electron chi connectivity index (χ2n) is 10.3. The number of fused-ring (bicyclic) bond motifs is 1. The van der Waals surface area contributed by atoms with Crippen LogP contribution in [0.1, 0.15) is 71.5 Å². The molecule has 37 heavy (non-hydrogen) atoms. The Morgan fingerprint density at radius 3 is 2.30 bits per heavy atom. The molecule has 198 valence electrons. The third kappa shape index (κ3) is 7.44. The summed E-state index contributed by atoms with van der Waals surface area (Å²) in [7, 11) is 0. The van der Waals surface area contributed by atoms with Gasteiger partial charge in [0.05, 0.1) is 0 Å². The number of hydrogen-bond donors (Lipinski definition) is 4. The van der Waals surface area contributed by atoms with E-state index < -0.39 is 6.09 Å². The molecule has 0 saturated heterocycles. The van der Waals surface area contributed by atoms with Gasteiger partial charge in [-0.3, -0.25) is 0 Å². The van der Waals surface area contributed by atoms with E-state index in [1.54, 1.807) is 0 Å². The SMILES string of the molecule is CC1CCC(C)CC1.C[C@@H](Nc1nc(/C(N)=N/C(=O)O)nc2nc(Sc3ccccc3)[nH]c12)C1CCC1. The van der Waals surface area contributed by atoms with Crippen LogP contribution in [0.25, 0.3) is 11.2 Å². The first-order valence-corrected chi connectivity index (χ1v) is 13.9. The lowest BCUT2D eigenvalue weighted by Gasteiger charge is -2.32. The van der Waals surface area contributed by atoms with E-state index in [0.29, 0.717) is 28.1 Å². The molecule has 2 aliphatic rings. The highest BCUT2D eigenvalue weighted by molar-refractivity contribution is 7.99. The second kappa shape index (κ2) is 12.4. The van der Waals surface area contributed by atoms with Gasteiger partial charge in [-0.05, 0) is 49.7 Å². The number of anilines is 1. The van der Waals surface area contributed by atoms with E-state index in [-0.39, 0.29) is 17.7 Å². The molecule has 1 atom stereocenters. The highest BCUT2D eigenvalue weighted by Crippen LogP contribution is 2.33. The van der Waals surface area contributed by atoms with Crippen LogP contribution < -0.4 is 11.1 Å². The van der Waals surface area contributed by atoms with Crippen LogP contribution in [0.2, 0.25) is 0 Å². The minimum Gasteiger partial charge on any atom is -0.463 e. The number of benzene rings is 1. The molecule has 2 aliphatic carbocycles. The highest BCUT2D eigenvalue weighted by Gasteiger charge is 2.25. The zero-order valence-corrected chi connectivity index (χ0v) is 22.6. The smallest absolute Gasteiger partial charge is 0.433 e. The largest absolute Gasteiger partial charge is 0.463 e. The fourth-order valence-electron chi connectivity index (χ4n) is 4.60. The zero-order chi connectivity index (χ0) is 26.4. The maximum absolute atomic E-state index is 10.9. The van der Waals surface area contributed by atoms with E-state index in [4.69, 9.17) is 10.8 Å². The van der Waals surface area contributed by atoms with Crippen LogP contribution in [0.4, 0.5) is 10.6 Å². The molecule has 2 fully saturated rings. The Kier molecular flexibility index (Phi) is 9.02. The minimum absolute atomic E-state index is 0.0333. The van der Waals surface area contributed by atoms with Crippen LogP contribution in [0.15, 0.2) is 45.4 Å². The first-order valence-electron chi connectivity index (χ1n) is 13.1. The molecule has 0 radical (unpaired) electrons. The number of amidine groups is 1. The molecule has 1 amide bonds. The number of aliphatic imine (C=N–C) groups is 1. The van der Waals surface area contributed by atoms with Crippen molar-refractivity contribution < 1.29 is 9.90 Å². The molecular weight excluding hydrogens is 486 g/mol. The molecule has 0 aliphatic heterocycles. The van der Waals surface area contributed by atoms with Crippen LogP contribution in [0, 0.1) is 17.8 Å². The van der Waals surface area contributed by atoms with Gasteiger partial charge in [0, 0.05) is 10.9 Å². The monoisotopic (exact) mass is 523 g/mol. The van der Waals surface area contributed by atoms with Crippen molar-refractivity contribution in [3.63, 3.8) is 0 Å². The van der Waals surface area contributed by atoms with Crippen LogP contribution >= 0.6 is 11.8 Å². The first kappa shape index (κ1) is 26.9. The molecule has 2 saturated carbocycles. The summed E-state index contributed by atoms with van der Waals surface area (Å²) in [5, 5.41) is 13.0. The fraction of sp³-hybridized carbons (Fsp3) is 0.519. The third-order valence-corrected chi connectivity index (χ3v) is 8.15. The van der Waals surface area contributed by atoms with Crippen molar-refractivity contribution in [1.29, 1.82) is 0 Å². The van der Waals surface area contributed by atoms with Crippen molar-refractivity contribution in [3.8, 4) is 0 Å². The van der Waals surface area contributed by atoms with Crippen molar-refractivity contribution in [1.82, 2.24) is 19.9 Å². The predicted molar refractivity (Wildman–Crippen MR) is 148 cm³/mol. The minimum atomic E-state index is -1.40. The van der Waals surface area contributed by atoms with Crippen molar-refractivity contribution in [3.05, 3.63) is 36.2 Å². The van der Waals surface area contributed by atoms with Crippen molar-refractivity contribution >= 4 is 40.7 Å². The number of rotatable bonds is 6. The van der Waals surface area contributed by atoms with Gasteiger partial charge >= 0.3 is 6.09 Å². The molecule has 0 spiro atoms. The zero-order valence-electron chi connectivity index (χ0n) is 21.8. The first-order chi connectivity index (χ1) is 17.8. The lowest BCUT2D eigenvalue weighted by atomic mass is 9.80. The van der Waals surface area contributed by atoms with E-state index in [9.17, 15) is 4.79 Å². The summed E-state index contributed by atoms with van der Waals surface area (Å²) < 4.78 is 0. The van der Waals surface area contributed by atoms with Crippen LogP contribution in [0.3, 0.4) is 0 Å². The van der Waals surface area contributed by atoms with Gasteiger partial charge in [0.2, 0.25) is 0 Å². The fourth-order valence-corrected chi connectivity index (χ4v) is 5.40. The second-order valence-corrected chi connectivity index (χ2v) is 11.4. The summed E-state index contributed by atoms with van der Waals surface area (Å²) in [6, 6.07) is 10.1. The van der Waals surface area contributed by atoms with Gasteiger partial charge in [0.25, 0.3) is 0 Å². The van der Waals surface area contributed by atoms with Gasteiger partial charge in [0.15, 0.2) is 28.3 Å². The summed E-state index contributed by atoms with van der Waals surface area (Å²) in [5.74, 6) is 2.93. The number of nitrogens with one attached hydrogen (secondary N) is 2. The van der Waals surface area contributed by atoms with Gasteiger partial charge < -0.3 is 21.1 Å². The van der Waals surface area contributed by atoms with E-state index in [1.165, 1.54) is 56.7 Å². The Morgan fingerprint density at radius 2 is 1.73 bits per heavy atom. The summed E-state index contributed by atoms with van der Waals surface area (Å²) in [6.07, 6.45) is 8.09. The quantitative estimate of drug-likeness (QED) is 0.217. The van der Waals surface area contributed by atoms with Crippen molar-refractivity contribution in [2.75, 3.05) is 5.32 Å². The number of amides is 1. The van der Waals surface area contributed by atoms with Crippen molar-refractivity contribution in [2.24, 2.45) is 28.5 Å². The summed E-state index contributed by atoms with van der Waals surface area (Å²) in [6.45, 7) is 6.85. The number of hydrogen-bond acceptors (Lipinski definition) is 6. The highest BCUT2D eigenvalue weighted by atomic mass is 32.2. The van der Waals surface area contributed by atoms with Gasteiger partial charge in [-0.2, -0.15) is 4.99 Å². The van der Waals surface area contributed by atoms with Gasteiger partial charge in [-0.15, -0.1) is 0 Å². The lowest BCUT2D eigenvalue weighted by molar-refractivity contribution is 0.205. The van der Waals surface area contributed by atoms with Crippen LogP contribution in [-0.2, 0) is 0 Å². The molecule has 3 aromatic rings. The Bertz CT molecular complexity index is 1210. The van der Waals surface area contributed by atoms with Crippen LogP contribution in [0.5, 0.6) is 0 Å². The van der Waals surface area contributed by atoms with Gasteiger partial charge in [0.1, 0.15) is 5.52 Å². The van der Waals surface area contributed by atoms with Crippen LogP contribution in [-0.4, -0.2) is 43.0 Å². The van der Waals surface area contributed by atoms with E-state index in [0.717, 1.165) is 16.7 Å². The van der Waals surface area contributed by atoms with Gasteiger partial charge in [-0.1, -0.05) is 75.9 Å². The number of carboxylic acid groups (broad SMARTS) is 1. The summed E-state index contributed by atoms with van der Waals surface area (Å²) in [4.78, 5) is 31.8. The third-order valence-electron chi connectivity index (χ3n) is 7.26. The molecule has 5 rings (SSSR count). The van der Waals surface area contributed by atoms with Gasteiger partial charge in [-0.25, -0.2) is 19.7 Å². The normalized spacial score (nSPS) is 21.0. The molecular formula is C27H37N7O2S. The molecule has 2 aromatic heterocycles. The Labute approximate surface area is 222 Å². The van der Waals surface area contributed by atoms with E-state index >= 15 is 0 Å². The number of H-pyrrole nitrogens is 1. The average molecular weight is 524 g/mol. The standard InChI is InChI=1S/C19H21N7O2S.C8H16/c1-10(11-6-5-7-11)21-15-13-16(25-17(24-15)14(20)23-19(27)28)26-18(22-13)29-12-8-3-2-4-9-12;1-7-3-5-8(2)6-4-7/h2-4,8-11H,5-7H2,1H3,(H2,20,23)(H,27,28)(H2,21,22,24,25,26);7-8H,3-6H2,1-2H3/t10-;/m1./s1. The number of aromatic nitrogens is 4. The molecule has 0 unspecified atom stereocenters. The summed E-state index contributed by atoms with van der Waals surface area (Å²) >= 11 is 1.47.